The highest BCUT2D eigenvalue weighted by atomic mass is 19.1. The van der Waals surface area contributed by atoms with Gasteiger partial charge in [0, 0.05) is 17.4 Å². The number of amides is 2. The number of alkyl halides is 1. The fraction of sp³-hybridized carbons (Fsp3) is 0.424. The number of nitrogens with zero attached hydrogens (tertiary/aromatic N) is 1. The van der Waals surface area contributed by atoms with Gasteiger partial charge >= 0.3 is 6.09 Å². The van der Waals surface area contributed by atoms with Crippen molar-refractivity contribution < 1.29 is 41.4 Å². The van der Waals surface area contributed by atoms with Crippen molar-refractivity contribution in [3.63, 3.8) is 0 Å². The highest BCUT2D eigenvalue weighted by Gasteiger charge is 2.31. The summed E-state index contributed by atoms with van der Waals surface area (Å²) in [5.74, 6) is -2.94. The van der Waals surface area contributed by atoms with Gasteiger partial charge in [-0.15, -0.1) is 0 Å². The van der Waals surface area contributed by atoms with Gasteiger partial charge in [-0.1, -0.05) is 24.3 Å². The third-order valence-electron chi connectivity index (χ3n) is 8.33. The molecule has 2 aromatic carbocycles. The Morgan fingerprint density at radius 1 is 0.957 bits per heavy atom. The van der Waals surface area contributed by atoms with E-state index in [4.69, 9.17) is 19.9 Å². The molecule has 2 amide bonds. The van der Waals surface area contributed by atoms with E-state index >= 15 is 0 Å². The first-order chi connectivity index (χ1) is 22.2. The SMILES string of the molecule is N[C@H](C(=O)Nc1cncc(F)c1CC[C@@H]1CC[C@H](COC(=O)N[C@@H]2COC[C@@H]2F)CO1)C(c1ccc(F)cc1)c1ccc(F)cc1. The van der Waals surface area contributed by atoms with E-state index in [1.165, 1.54) is 54.7 Å². The van der Waals surface area contributed by atoms with Crippen LogP contribution in [0.15, 0.2) is 60.9 Å². The second-order valence-electron chi connectivity index (χ2n) is 11.6. The monoisotopic (exact) mass is 644 g/mol. The van der Waals surface area contributed by atoms with Gasteiger partial charge < -0.3 is 30.6 Å². The summed E-state index contributed by atoms with van der Waals surface area (Å²) in [5, 5.41) is 5.17. The summed E-state index contributed by atoms with van der Waals surface area (Å²) in [4.78, 5) is 29.3. The number of benzene rings is 2. The number of nitrogens with one attached hydrogen (secondary N) is 2. The van der Waals surface area contributed by atoms with Crippen LogP contribution in [0.1, 0.15) is 41.9 Å². The molecule has 0 aliphatic carbocycles. The molecule has 0 radical (unpaired) electrons. The smallest absolute Gasteiger partial charge is 0.407 e. The van der Waals surface area contributed by atoms with Crippen molar-refractivity contribution in [3.8, 4) is 0 Å². The van der Waals surface area contributed by atoms with Gasteiger partial charge in [-0.25, -0.2) is 22.4 Å². The molecule has 4 N–H and O–H groups in total. The average Bonchev–Trinajstić information content (AvgIpc) is 3.45. The van der Waals surface area contributed by atoms with Crippen molar-refractivity contribution in [3.05, 3.63) is 95.1 Å². The lowest BCUT2D eigenvalue weighted by Gasteiger charge is -2.29. The normalized spacial score (nSPS) is 22.0. The van der Waals surface area contributed by atoms with Crippen LogP contribution < -0.4 is 16.4 Å². The Morgan fingerprint density at radius 3 is 2.22 bits per heavy atom. The number of ether oxygens (including phenoxy) is 3. The Labute approximate surface area is 263 Å². The highest BCUT2D eigenvalue weighted by Crippen LogP contribution is 2.30. The summed E-state index contributed by atoms with van der Waals surface area (Å²) >= 11 is 0. The van der Waals surface area contributed by atoms with Gasteiger partial charge in [0.2, 0.25) is 5.91 Å². The Bertz CT molecular complexity index is 1430. The fourth-order valence-corrected chi connectivity index (χ4v) is 5.71. The first kappa shape index (κ1) is 33.3. The molecule has 5 rings (SSSR count). The maximum atomic E-state index is 15.0. The van der Waals surface area contributed by atoms with Crippen molar-refractivity contribution in [1.82, 2.24) is 10.3 Å². The van der Waals surface area contributed by atoms with Crippen LogP contribution in [0.2, 0.25) is 0 Å². The van der Waals surface area contributed by atoms with Crippen LogP contribution in [0, 0.1) is 23.4 Å². The van der Waals surface area contributed by atoms with Crippen molar-refractivity contribution >= 4 is 17.7 Å². The lowest BCUT2D eigenvalue weighted by Crippen LogP contribution is -2.42. The van der Waals surface area contributed by atoms with Crippen molar-refractivity contribution in [1.29, 1.82) is 0 Å². The molecule has 1 aromatic heterocycles. The van der Waals surface area contributed by atoms with Crippen LogP contribution in [-0.2, 0) is 25.4 Å². The first-order valence-corrected chi connectivity index (χ1v) is 15.1. The maximum Gasteiger partial charge on any atom is 0.407 e. The Hall–Kier alpha value is -4.07. The molecular weight excluding hydrogens is 608 g/mol. The minimum atomic E-state index is -1.26. The summed E-state index contributed by atoms with van der Waals surface area (Å²) < 4.78 is 72.1. The van der Waals surface area contributed by atoms with E-state index in [0.717, 1.165) is 6.20 Å². The van der Waals surface area contributed by atoms with E-state index in [0.29, 0.717) is 37.0 Å². The minimum Gasteiger partial charge on any atom is -0.449 e. The summed E-state index contributed by atoms with van der Waals surface area (Å²) in [6, 6.07) is 9.12. The zero-order chi connectivity index (χ0) is 32.6. The standard InChI is InChI=1S/C33H36F4N4O5/c34-22-6-2-20(3-7-22)30(21-4-8-23(35)9-5-21)31(38)32(42)40-28-14-39-13-26(36)25(28)12-11-24-10-1-19(15-45-24)16-46-33(43)41-29-18-44-17-27(29)37/h2-9,13-14,19,24,27,29-31H,1,10-12,15-18,38H2,(H,40,42)(H,41,43)/t19-,24-,27-,29+,31-/m0/s1. The molecule has 3 heterocycles. The molecule has 0 saturated carbocycles. The number of halogens is 4. The molecule has 0 spiro atoms. The van der Waals surface area contributed by atoms with E-state index < -0.39 is 53.6 Å². The maximum absolute atomic E-state index is 15.0. The van der Waals surface area contributed by atoms with E-state index in [-0.39, 0.29) is 49.5 Å². The van der Waals surface area contributed by atoms with E-state index in [1.54, 1.807) is 0 Å². The lowest BCUT2D eigenvalue weighted by atomic mass is 9.85. The molecule has 46 heavy (non-hydrogen) atoms. The number of aromatic nitrogens is 1. The molecule has 0 unspecified atom stereocenters. The van der Waals surface area contributed by atoms with Crippen molar-refractivity contribution in [2.24, 2.45) is 11.7 Å². The molecule has 9 nitrogen and oxygen atoms in total. The number of carbonyl (C=O) groups excluding carboxylic acids is 2. The number of alkyl carbamates (subject to hydrolysis) is 1. The van der Waals surface area contributed by atoms with Gasteiger partial charge in [-0.2, -0.15) is 0 Å². The van der Waals surface area contributed by atoms with Crippen molar-refractivity contribution in [2.45, 2.75) is 56.0 Å². The molecular formula is C33H36F4N4O5. The lowest BCUT2D eigenvalue weighted by molar-refractivity contribution is -0.117. The van der Waals surface area contributed by atoms with Gasteiger partial charge in [0.25, 0.3) is 0 Å². The van der Waals surface area contributed by atoms with Gasteiger partial charge in [0.1, 0.15) is 23.6 Å². The van der Waals surface area contributed by atoms with Crippen LogP contribution >= 0.6 is 0 Å². The largest absolute Gasteiger partial charge is 0.449 e. The fourth-order valence-electron chi connectivity index (χ4n) is 5.71. The topological polar surface area (TPSA) is 125 Å². The van der Waals surface area contributed by atoms with E-state index in [1.807, 2.05) is 0 Å². The second kappa shape index (κ2) is 15.5. The first-order valence-electron chi connectivity index (χ1n) is 15.1. The summed E-state index contributed by atoms with van der Waals surface area (Å²) in [5.41, 5.74) is 7.93. The van der Waals surface area contributed by atoms with Crippen LogP contribution in [0.3, 0.4) is 0 Å². The number of rotatable bonds is 11. The minimum absolute atomic E-state index is 0.0350. The third kappa shape index (κ3) is 8.59. The van der Waals surface area contributed by atoms with Crippen LogP contribution in [0.25, 0.3) is 0 Å². The Morgan fingerprint density at radius 2 is 1.63 bits per heavy atom. The summed E-state index contributed by atoms with van der Waals surface area (Å²) in [7, 11) is 0. The van der Waals surface area contributed by atoms with Crippen LogP contribution in [-0.4, -0.2) is 67.8 Å². The number of anilines is 1. The molecule has 2 aliphatic rings. The Kier molecular flexibility index (Phi) is 11.2. The number of hydrogen-bond acceptors (Lipinski definition) is 7. The van der Waals surface area contributed by atoms with E-state index in [2.05, 4.69) is 15.6 Å². The predicted molar refractivity (Wildman–Crippen MR) is 160 cm³/mol. The average molecular weight is 645 g/mol. The zero-order valence-corrected chi connectivity index (χ0v) is 25.0. The van der Waals surface area contributed by atoms with Crippen LogP contribution in [0.5, 0.6) is 0 Å². The molecule has 13 heteroatoms. The summed E-state index contributed by atoms with van der Waals surface area (Å²) in [6.45, 7) is 0.507. The molecule has 3 aromatic rings. The molecule has 2 fully saturated rings. The molecule has 2 saturated heterocycles. The van der Waals surface area contributed by atoms with Gasteiger partial charge in [0.05, 0.1) is 62.7 Å². The quantitative estimate of drug-likeness (QED) is 0.257. The predicted octanol–water partition coefficient (Wildman–Crippen LogP) is 4.79. The zero-order valence-electron chi connectivity index (χ0n) is 25.0. The Balaban J connectivity index is 1.16. The molecule has 2 aliphatic heterocycles. The third-order valence-corrected chi connectivity index (χ3v) is 8.33. The van der Waals surface area contributed by atoms with Gasteiger partial charge in [0.15, 0.2) is 0 Å². The second-order valence-corrected chi connectivity index (χ2v) is 11.6. The highest BCUT2D eigenvalue weighted by molar-refractivity contribution is 5.96. The number of hydrogen-bond donors (Lipinski definition) is 3. The number of nitrogens with two attached hydrogens (primary N) is 1. The van der Waals surface area contributed by atoms with E-state index in [9.17, 15) is 27.2 Å². The number of pyridine rings is 1. The molecule has 246 valence electrons. The van der Waals surface area contributed by atoms with Gasteiger partial charge in [-0.3, -0.25) is 9.78 Å². The van der Waals surface area contributed by atoms with Gasteiger partial charge in [-0.05, 0) is 61.1 Å². The van der Waals surface area contributed by atoms with Crippen LogP contribution in [0.4, 0.5) is 28.0 Å². The van der Waals surface area contributed by atoms with Crippen molar-refractivity contribution in [2.75, 3.05) is 31.7 Å². The molecule has 5 atom stereocenters. The summed E-state index contributed by atoms with van der Waals surface area (Å²) in [6.07, 6.45) is 2.30. The molecule has 0 bridgehead atoms. The number of carbonyl (C=O) groups is 2.